The topological polar surface area (TPSA) is 32.8 Å². The summed E-state index contributed by atoms with van der Waals surface area (Å²) in [5, 5.41) is 0.971. The largest absolute Gasteiger partial charge is 0.497 e. The number of benzene rings is 1. The Labute approximate surface area is 143 Å². The average molecular weight is 353 g/mol. The molecule has 3 rings (SSSR count). The molecule has 2 heterocycles. The second kappa shape index (κ2) is 6.14. The molecule has 0 atom stereocenters. The zero-order chi connectivity index (χ0) is 15.9. The van der Waals surface area contributed by atoms with E-state index in [4.69, 9.17) is 17.0 Å². The summed E-state index contributed by atoms with van der Waals surface area (Å²) in [6.45, 7) is 5.42. The highest BCUT2D eigenvalue weighted by Gasteiger charge is 2.38. The Kier molecular flexibility index (Phi) is 4.38. The number of nitrogens with zero attached hydrogens (tertiary/aromatic N) is 2. The predicted octanol–water partition coefficient (Wildman–Crippen LogP) is 3.68. The normalized spacial score (nSPS) is 20.9. The maximum atomic E-state index is 12.6. The molecule has 22 heavy (non-hydrogen) atoms. The lowest BCUT2D eigenvalue weighted by Gasteiger charge is -2.19. The second-order valence-corrected chi connectivity index (χ2v) is 7.41. The molecule has 0 aromatic heterocycles. The van der Waals surface area contributed by atoms with Crippen LogP contribution in [0.5, 0.6) is 5.75 Å². The van der Waals surface area contributed by atoms with Crippen molar-refractivity contribution in [3.05, 3.63) is 28.1 Å². The fourth-order valence-corrected chi connectivity index (χ4v) is 5.21. The van der Waals surface area contributed by atoms with E-state index < -0.39 is 0 Å². The van der Waals surface area contributed by atoms with E-state index in [1.807, 2.05) is 25.1 Å². The minimum Gasteiger partial charge on any atom is -0.497 e. The number of hydrogen-bond donors (Lipinski definition) is 0. The quantitative estimate of drug-likeness (QED) is 0.610. The number of rotatable bonds is 3. The van der Waals surface area contributed by atoms with Crippen LogP contribution in [0.4, 0.5) is 5.69 Å². The van der Waals surface area contributed by atoms with Gasteiger partial charge in [0.05, 0.1) is 12.8 Å². The van der Waals surface area contributed by atoms with E-state index in [2.05, 4.69) is 11.8 Å². The van der Waals surface area contributed by atoms with E-state index in [0.717, 1.165) is 32.8 Å². The number of likely N-dealkylation sites (N-methyl/N-ethyl adjacent to an activating group) is 1. The van der Waals surface area contributed by atoms with Crippen molar-refractivity contribution in [1.29, 1.82) is 0 Å². The molecule has 4 nitrogen and oxygen atoms in total. The van der Waals surface area contributed by atoms with Crippen LogP contribution in [0.15, 0.2) is 33.0 Å². The summed E-state index contributed by atoms with van der Waals surface area (Å²) in [4.78, 5) is 18.2. The Bertz CT molecular complexity index is 687. The summed E-state index contributed by atoms with van der Waals surface area (Å²) in [5.74, 6) is 0.832. The Hall–Kier alpha value is -1.18. The average Bonchev–Trinajstić information content (AvgIpc) is 3.03. The highest BCUT2D eigenvalue weighted by atomic mass is 32.2. The predicted molar refractivity (Wildman–Crippen MR) is 96.5 cm³/mol. The first-order valence-electron chi connectivity index (χ1n) is 7.02. The third-order valence-corrected chi connectivity index (χ3v) is 6.33. The van der Waals surface area contributed by atoms with Gasteiger partial charge in [-0.05, 0) is 26.0 Å². The summed E-state index contributed by atoms with van der Waals surface area (Å²) in [6, 6.07) is 5.99. The van der Waals surface area contributed by atoms with Crippen LogP contribution < -0.4 is 9.64 Å². The van der Waals surface area contributed by atoms with Gasteiger partial charge in [-0.2, -0.15) is 0 Å². The third kappa shape index (κ3) is 2.41. The molecular formula is C15H16N2O2S3. The number of ether oxygens (including phenoxy) is 1. The molecule has 0 aliphatic carbocycles. The first kappa shape index (κ1) is 15.7. The highest BCUT2D eigenvalue weighted by Crippen LogP contribution is 2.51. The van der Waals surface area contributed by atoms with Gasteiger partial charge in [-0.25, -0.2) is 0 Å². The minimum absolute atomic E-state index is 0.0122. The summed E-state index contributed by atoms with van der Waals surface area (Å²) < 4.78 is 5.95. The van der Waals surface area contributed by atoms with Crippen LogP contribution in [-0.4, -0.2) is 35.3 Å². The molecular weight excluding hydrogens is 336 g/mol. The zero-order valence-electron chi connectivity index (χ0n) is 12.6. The smallest absolute Gasteiger partial charge is 0.268 e. The van der Waals surface area contributed by atoms with Crippen molar-refractivity contribution >= 4 is 51.7 Å². The van der Waals surface area contributed by atoms with Gasteiger partial charge in [0.25, 0.3) is 5.91 Å². The monoisotopic (exact) mass is 352 g/mol. The summed E-state index contributed by atoms with van der Waals surface area (Å²) in [6.07, 6.45) is 0. The van der Waals surface area contributed by atoms with Crippen LogP contribution in [0.3, 0.4) is 0 Å². The van der Waals surface area contributed by atoms with Crippen molar-refractivity contribution in [3.63, 3.8) is 0 Å². The number of thioether (sulfide) groups is 2. The maximum Gasteiger partial charge on any atom is 0.268 e. The van der Waals surface area contributed by atoms with Gasteiger partial charge < -0.3 is 9.64 Å². The Balaban J connectivity index is 2.05. The molecule has 0 bridgehead atoms. The summed E-state index contributed by atoms with van der Waals surface area (Å²) in [7, 11) is 1.66. The van der Waals surface area contributed by atoms with Crippen molar-refractivity contribution in [2.45, 2.75) is 18.7 Å². The lowest BCUT2D eigenvalue weighted by molar-refractivity contribution is -0.122. The Morgan fingerprint density at radius 2 is 1.91 bits per heavy atom. The minimum atomic E-state index is 0.0122. The number of anilines is 1. The van der Waals surface area contributed by atoms with E-state index in [1.54, 1.807) is 23.8 Å². The van der Waals surface area contributed by atoms with Gasteiger partial charge in [0.15, 0.2) is 0 Å². The van der Waals surface area contributed by atoms with E-state index in [1.165, 1.54) is 11.8 Å². The molecule has 7 heteroatoms. The molecule has 0 saturated carbocycles. The Morgan fingerprint density at radius 3 is 2.50 bits per heavy atom. The van der Waals surface area contributed by atoms with Crippen LogP contribution in [0.1, 0.15) is 13.8 Å². The second-order valence-electron chi connectivity index (χ2n) is 4.73. The molecule has 1 saturated heterocycles. The van der Waals surface area contributed by atoms with Crippen LogP contribution in [-0.2, 0) is 4.79 Å². The van der Waals surface area contributed by atoms with Gasteiger partial charge in [-0.3, -0.25) is 9.69 Å². The van der Waals surface area contributed by atoms with E-state index in [0.29, 0.717) is 10.9 Å². The summed E-state index contributed by atoms with van der Waals surface area (Å²) in [5.41, 5.74) is 1.09. The number of hydrogen-bond acceptors (Lipinski definition) is 6. The van der Waals surface area contributed by atoms with E-state index >= 15 is 0 Å². The van der Waals surface area contributed by atoms with Crippen molar-refractivity contribution in [2.24, 2.45) is 0 Å². The molecule has 0 N–H and O–H groups in total. The fraction of sp³-hybridized carbons (Fsp3) is 0.333. The van der Waals surface area contributed by atoms with Crippen LogP contribution in [0.25, 0.3) is 0 Å². The van der Waals surface area contributed by atoms with Gasteiger partial charge in [-0.15, -0.1) is 0 Å². The van der Waals surface area contributed by atoms with Crippen LogP contribution in [0.2, 0.25) is 0 Å². The third-order valence-electron chi connectivity index (χ3n) is 3.58. The van der Waals surface area contributed by atoms with E-state index in [9.17, 15) is 4.79 Å². The summed E-state index contributed by atoms with van der Waals surface area (Å²) >= 11 is 8.34. The molecule has 1 aromatic carbocycles. The molecule has 1 aromatic rings. The molecule has 0 unspecified atom stereocenters. The van der Waals surface area contributed by atoms with Crippen molar-refractivity contribution in [3.8, 4) is 5.75 Å². The number of amides is 1. The molecule has 0 spiro atoms. The van der Waals surface area contributed by atoms with Crippen molar-refractivity contribution in [1.82, 2.24) is 4.90 Å². The molecule has 116 valence electrons. The van der Waals surface area contributed by atoms with Gasteiger partial charge in [0.2, 0.25) is 0 Å². The highest BCUT2D eigenvalue weighted by molar-refractivity contribution is 8.27. The Morgan fingerprint density at radius 1 is 1.18 bits per heavy atom. The van der Waals surface area contributed by atoms with Gasteiger partial charge in [-0.1, -0.05) is 35.7 Å². The molecule has 2 aliphatic rings. The van der Waals surface area contributed by atoms with Gasteiger partial charge >= 0.3 is 0 Å². The molecule has 0 radical (unpaired) electrons. The zero-order valence-corrected chi connectivity index (χ0v) is 15.0. The number of thiocarbonyl (C=S) groups is 1. The van der Waals surface area contributed by atoms with Crippen molar-refractivity contribution < 1.29 is 9.53 Å². The maximum absolute atomic E-state index is 12.6. The molecule has 1 fully saturated rings. The number of fused-ring (bicyclic) bond motifs is 1. The molecule has 2 aliphatic heterocycles. The van der Waals surface area contributed by atoms with Gasteiger partial charge in [0.1, 0.15) is 20.0 Å². The first-order chi connectivity index (χ1) is 10.6. The first-order valence-corrected chi connectivity index (χ1v) is 9.06. The van der Waals surface area contributed by atoms with Crippen LogP contribution in [0, 0.1) is 0 Å². The number of carbonyl (C=O) groups is 1. The lowest BCUT2D eigenvalue weighted by atomic mass is 10.2. The SMILES string of the molecule is CCN1C(=O)C(=C2Sc3ccc(OC)cc3N2CC)SC1=S. The van der Waals surface area contributed by atoms with Gasteiger partial charge in [0, 0.05) is 24.1 Å². The van der Waals surface area contributed by atoms with Crippen LogP contribution >= 0.6 is 35.7 Å². The van der Waals surface area contributed by atoms with Crippen molar-refractivity contribution in [2.75, 3.05) is 25.1 Å². The number of carbonyl (C=O) groups excluding carboxylic acids is 1. The number of methoxy groups -OCH3 is 1. The standard InChI is InChI=1S/C15H16N2O2S3/c1-4-16-10-8-9(19-3)6-7-11(10)21-14(16)12-13(18)17(5-2)15(20)22-12/h6-8H,4-5H2,1-3H3. The lowest BCUT2D eigenvalue weighted by Crippen LogP contribution is -2.28. The van der Waals surface area contributed by atoms with E-state index in [-0.39, 0.29) is 5.91 Å². The fourth-order valence-electron chi connectivity index (χ4n) is 2.47. The molecule has 1 amide bonds.